The van der Waals surface area contributed by atoms with E-state index in [1.54, 1.807) is 24.3 Å². The first-order valence-electron chi connectivity index (χ1n) is 11.3. The van der Waals surface area contributed by atoms with Crippen molar-refractivity contribution in [2.75, 3.05) is 11.5 Å². The molecule has 3 aromatic carbocycles. The summed E-state index contributed by atoms with van der Waals surface area (Å²) in [5.74, 6) is 0.0146. The van der Waals surface area contributed by atoms with Crippen molar-refractivity contribution in [3.8, 4) is 5.75 Å². The molecule has 2 amide bonds. The van der Waals surface area contributed by atoms with Crippen molar-refractivity contribution in [1.29, 1.82) is 0 Å². The Morgan fingerprint density at radius 1 is 0.879 bits per heavy atom. The summed E-state index contributed by atoms with van der Waals surface area (Å²) in [6.45, 7) is 16.7. The lowest BCUT2D eigenvalue weighted by Crippen LogP contribution is -2.42. The predicted octanol–water partition coefficient (Wildman–Crippen LogP) is 6.80. The first kappa shape index (κ1) is 22.8. The van der Waals surface area contributed by atoms with Gasteiger partial charge in [-0.1, -0.05) is 78.5 Å². The standard InChI is InChI=1S/C29H31NO3/c1-8-16-33-24-15-13-21-25-19(24)10-9-11-20(25)26(31)30(27(21)32)23-17-18(28(2,3)4)12-14-22(23)29(5,6)7/h8-15,17H,1,16H2,2-7H3. The number of carbonyl (C=O) groups is 2. The largest absolute Gasteiger partial charge is 0.489 e. The summed E-state index contributed by atoms with van der Waals surface area (Å²) in [5.41, 5.74) is 3.32. The molecular formula is C29H31NO3. The zero-order chi connectivity index (χ0) is 24.1. The first-order valence-corrected chi connectivity index (χ1v) is 11.3. The fourth-order valence-corrected chi connectivity index (χ4v) is 4.38. The molecule has 0 unspecified atom stereocenters. The number of anilines is 1. The van der Waals surface area contributed by atoms with Crippen molar-refractivity contribution in [1.82, 2.24) is 0 Å². The second kappa shape index (κ2) is 7.87. The van der Waals surface area contributed by atoms with E-state index in [2.05, 4.69) is 60.3 Å². The van der Waals surface area contributed by atoms with Crippen LogP contribution in [0.3, 0.4) is 0 Å². The van der Waals surface area contributed by atoms with E-state index in [0.717, 1.165) is 16.5 Å². The minimum Gasteiger partial charge on any atom is -0.489 e. The second-order valence-electron chi connectivity index (χ2n) is 10.6. The Labute approximate surface area is 195 Å². The van der Waals surface area contributed by atoms with E-state index in [0.29, 0.717) is 34.6 Å². The molecule has 1 aliphatic rings. The van der Waals surface area contributed by atoms with Gasteiger partial charge in [0.15, 0.2) is 0 Å². The van der Waals surface area contributed by atoms with Crippen LogP contribution in [0.5, 0.6) is 5.75 Å². The molecule has 4 rings (SSSR count). The third-order valence-corrected chi connectivity index (χ3v) is 6.14. The van der Waals surface area contributed by atoms with E-state index < -0.39 is 0 Å². The normalized spacial score (nSPS) is 14.1. The quantitative estimate of drug-likeness (QED) is 0.330. The maximum atomic E-state index is 13.8. The second-order valence-corrected chi connectivity index (χ2v) is 10.6. The number of benzene rings is 3. The average molecular weight is 442 g/mol. The highest BCUT2D eigenvalue weighted by atomic mass is 16.5. The van der Waals surface area contributed by atoms with Gasteiger partial charge in [-0.3, -0.25) is 9.59 Å². The Bertz CT molecular complexity index is 1270. The third-order valence-electron chi connectivity index (χ3n) is 6.14. The van der Waals surface area contributed by atoms with Crippen molar-refractivity contribution in [2.24, 2.45) is 0 Å². The Morgan fingerprint density at radius 3 is 2.15 bits per heavy atom. The molecule has 3 aromatic rings. The van der Waals surface area contributed by atoms with Gasteiger partial charge in [0.1, 0.15) is 12.4 Å². The van der Waals surface area contributed by atoms with E-state index in [9.17, 15) is 9.59 Å². The van der Waals surface area contributed by atoms with Crippen molar-refractivity contribution in [3.05, 3.63) is 83.4 Å². The van der Waals surface area contributed by atoms with Crippen LogP contribution in [0, 0.1) is 0 Å². The van der Waals surface area contributed by atoms with Gasteiger partial charge < -0.3 is 4.74 Å². The summed E-state index contributed by atoms with van der Waals surface area (Å²) >= 11 is 0. The van der Waals surface area contributed by atoms with Crippen LogP contribution in [0.2, 0.25) is 0 Å². The molecule has 0 spiro atoms. The summed E-state index contributed by atoms with van der Waals surface area (Å²) < 4.78 is 5.79. The topological polar surface area (TPSA) is 46.6 Å². The van der Waals surface area contributed by atoms with Gasteiger partial charge in [0, 0.05) is 21.9 Å². The molecule has 33 heavy (non-hydrogen) atoms. The third kappa shape index (κ3) is 3.84. The highest BCUT2D eigenvalue weighted by Crippen LogP contribution is 2.41. The lowest BCUT2D eigenvalue weighted by Gasteiger charge is -2.33. The molecule has 0 radical (unpaired) electrons. The smallest absolute Gasteiger partial charge is 0.265 e. The number of amides is 2. The Hall–Kier alpha value is -3.40. The van der Waals surface area contributed by atoms with Crippen LogP contribution in [0.25, 0.3) is 10.8 Å². The minimum absolute atomic E-state index is 0.123. The van der Waals surface area contributed by atoms with Gasteiger partial charge in [-0.2, -0.15) is 0 Å². The van der Waals surface area contributed by atoms with E-state index in [1.807, 2.05) is 18.2 Å². The van der Waals surface area contributed by atoms with Crippen molar-refractivity contribution < 1.29 is 14.3 Å². The van der Waals surface area contributed by atoms with Gasteiger partial charge in [0.25, 0.3) is 11.8 Å². The molecule has 0 fully saturated rings. The molecule has 4 heteroatoms. The zero-order valence-electron chi connectivity index (χ0n) is 20.3. The van der Waals surface area contributed by atoms with Crippen molar-refractivity contribution in [3.63, 3.8) is 0 Å². The van der Waals surface area contributed by atoms with Gasteiger partial charge in [0.05, 0.1) is 5.69 Å². The van der Waals surface area contributed by atoms with E-state index in [-0.39, 0.29) is 22.6 Å². The molecule has 170 valence electrons. The van der Waals surface area contributed by atoms with Gasteiger partial charge in [-0.15, -0.1) is 0 Å². The Kier molecular flexibility index (Phi) is 5.44. The number of nitrogens with zero attached hydrogens (tertiary/aromatic N) is 1. The highest BCUT2D eigenvalue weighted by Gasteiger charge is 2.37. The number of hydrogen-bond donors (Lipinski definition) is 0. The summed E-state index contributed by atoms with van der Waals surface area (Å²) in [6, 6.07) is 15.2. The predicted molar refractivity (Wildman–Crippen MR) is 135 cm³/mol. The van der Waals surface area contributed by atoms with Crippen molar-refractivity contribution >= 4 is 28.3 Å². The SMILES string of the molecule is C=CCOc1ccc2c3c(cccc13)C(=O)N(c1cc(C(C)(C)C)ccc1C(C)(C)C)C2=O. The first-order chi connectivity index (χ1) is 15.4. The molecule has 0 atom stereocenters. The molecule has 0 N–H and O–H groups in total. The van der Waals surface area contributed by atoms with Crippen LogP contribution in [-0.4, -0.2) is 18.4 Å². The molecular weight excluding hydrogens is 410 g/mol. The van der Waals surface area contributed by atoms with Crippen molar-refractivity contribution in [2.45, 2.75) is 52.4 Å². The van der Waals surface area contributed by atoms with E-state index in [4.69, 9.17) is 4.74 Å². The Morgan fingerprint density at radius 2 is 1.55 bits per heavy atom. The fourth-order valence-electron chi connectivity index (χ4n) is 4.38. The van der Waals surface area contributed by atoms with Crippen LogP contribution in [0.15, 0.2) is 61.2 Å². The summed E-state index contributed by atoms with van der Waals surface area (Å²) in [7, 11) is 0. The van der Waals surface area contributed by atoms with Crippen LogP contribution in [-0.2, 0) is 10.8 Å². The van der Waals surface area contributed by atoms with Gasteiger partial charge >= 0.3 is 0 Å². The summed E-state index contributed by atoms with van der Waals surface area (Å²) in [4.78, 5) is 29.0. The van der Waals surface area contributed by atoms with Gasteiger partial charge in [-0.05, 0) is 46.2 Å². The van der Waals surface area contributed by atoms with Crippen LogP contribution >= 0.6 is 0 Å². The lowest BCUT2D eigenvalue weighted by molar-refractivity contribution is 0.0893. The lowest BCUT2D eigenvalue weighted by atomic mass is 9.80. The Balaban J connectivity index is 1.96. The molecule has 0 bridgehead atoms. The maximum Gasteiger partial charge on any atom is 0.265 e. The molecule has 0 saturated carbocycles. The average Bonchev–Trinajstić information content (AvgIpc) is 2.74. The van der Waals surface area contributed by atoms with Gasteiger partial charge in [0.2, 0.25) is 0 Å². The number of carbonyl (C=O) groups excluding carboxylic acids is 2. The fraction of sp³-hybridized carbons (Fsp3) is 0.310. The van der Waals surface area contributed by atoms with Crippen LogP contribution in [0.1, 0.15) is 73.4 Å². The number of rotatable bonds is 4. The minimum atomic E-state index is -0.310. The monoisotopic (exact) mass is 441 g/mol. The zero-order valence-corrected chi connectivity index (χ0v) is 20.3. The number of ether oxygens (including phenoxy) is 1. The number of imide groups is 1. The molecule has 4 nitrogen and oxygen atoms in total. The maximum absolute atomic E-state index is 13.8. The molecule has 0 saturated heterocycles. The molecule has 1 heterocycles. The van der Waals surface area contributed by atoms with Crippen LogP contribution in [0.4, 0.5) is 5.69 Å². The summed E-state index contributed by atoms with van der Waals surface area (Å²) in [5, 5.41) is 1.40. The summed E-state index contributed by atoms with van der Waals surface area (Å²) in [6.07, 6.45) is 1.67. The van der Waals surface area contributed by atoms with E-state index >= 15 is 0 Å². The molecule has 1 aliphatic heterocycles. The van der Waals surface area contributed by atoms with Gasteiger partial charge in [-0.25, -0.2) is 4.90 Å². The van der Waals surface area contributed by atoms with E-state index in [1.165, 1.54) is 4.90 Å². The number of hydrogen-bond acceptors (Lipinski definition) is 3. The molecule has 0 aliphatic carbocycles. The van der Waals surface area contributed by atoms with Crippen LogP contribution < -0.4 is 9.64 Å². The molecule has 0 aromatic heterocycles. The highest BCUT2D eigenvalue weighted by molar-refractivity contribution is 6.36.